The van der Waals surface area contributed by atoms with E-state index in [2.05, 4.69) is 0 Å². The highest BCUT2D eigenvalue weighted by Crippen LogP contribution is 2.26. The van der Waals surface area contributed by atoms with Crippen molar-refractivity contribution in [3.8, 4) is 11.8 Å². The summed E-state index contributed by atoms with van der Waals surface area (Å²) < 4.78 is 5.03. The van der Waals surface area contributed by atoms with Gasteiger partial charge in [-0.05, 0) is 12.1 Å². The number of allylic oxidation sites excluding steroid dienone is 1. The quantitative estimate of drug-likeness (QED) is 0.478. The molecule has 0 aliphatic heterocycles. The molecule has 0 spiro atoms. The Morgan fingerprint density at radius 2 is 2.06 bits per heavy atom. The van der Waals surface area contributed by atoms with Crippen LogP contribution in [0, 0.1) is 11.3 Å². The van der Waals surface area contributed by atoms with E-state index in [4.69, 9.17) is 10.00 Å². The van der Waals surface area contributed by atoms with Crippen molar-refractivity contribution in [2.45, 2.75) is 6.92 Å². The van der Waals surface area contributed by atoms with Crippen LogP contribution in [0.15, 0.2) is 29.8 Å². The van der Waals surface area contributed by atoms with Crippen molar-refractivity contribution >= 4 is 11.5 Å². The van der Waals surface area contributed by atoms with Gasteiger partial charge in [-0.15, -0.1) is 0 Å². The van der Waals surface area contributed by atoms with E-state index < -0.39 is 5.78 Å². The van der Waals surface area contributed by atoms with Crippen molar-refractivity contribution in [2.75, 3.05) is 7.11 Å². The molecular weight excluding hydrogens is 206 g/mol. The van der Waals surface area contributed by atoms with Crippen molar-refractivity contribution in [3.05, 3.63) is 35.4 Å². The Kier molecular flexibility index (Phi) is 3.67. The van der Waals surface area contributed by atoms with Gasteiger partial charge >= 0.3 is 0 Å². The average Bonchev–Trinajstić information content (AvgIpc) is 2.29. The standard InChI is InChI=1S/C12H11NO3/c1-8(14)10(7-13)12(15)9-5-3-4-6-11(9)16-2/h3-6,15H,1-2H3/b12-10-. The number of aliphatic hydroxyl groups excluding tert-OH is 1. The van der Waals surface area contributed by atoms with Gasteiger partial charge in [-0.3, -0.25) is 4.79 Å². The van der Waals surface area contributed by atoms with Gasteiger partial charge in [0.15, 0.2) is 5.78 Å². The second-order valence-corrected chi connectivity index (χ2v) is 3.09. The molecule has 4 heteroatoms. The first kappa shape index (κ1) is 11.8. The molecule has 1 N–H and O–H groups in total. The molecule has 1 aromatic rings. The van der Waals surface area contributed by atoms with Gasteiger partial charge < -0.3 is 9.84 Å². The molecule has 0 aliphatic rings. The van der Waals surface area contributed by atoms with E-state index in [0.29, 0.717) is 11.3 Å². The molecule has 4 nitrogen and oxygen atoms in total. The van der Waals surface area contributed by atoms with E-state index in [-0.39, 0.29) is 11.3 Å². The summed E-state index contributed by atoms with van der Waals surface area (Å²) in [7, 11) is 1.45. The zero-order valence-electron chi connectivity index (χ0n) is 9.02. The summed E-state index contributed by atoms with van der Waals surface area (Å²) in [6, 6.07) is 8.31. The molecule has 0 bridgehead atoms. The van der Waals surface area contributed by atoms with Gasteiger partial charge in [0.1, 0.15) is 23.2 Å². The fourth-order valence-electron chi connectivity index (χ4n) is 1.27. The maximum atomic E-state index is 11.1. The lowest BCUT2D eigenvalue weighted by Gasteiger charge is -2.07. The highest BCUT2D eigenvalue weighted by atomic mass is 16.5. The summed E-state index contributed by atoms with van der Waals surface area (Å²) >= 11 is 0. The maximum absolute atomic E-state index is 11.1. The van der Waals surface area contributed by atoms with Crippen molar-refractivity contribution in [1.29, 1.82) is 5.26 Å². The number of hydrogen-bond donors (Lipinski definition) is 1. The summed E-state index contributed by atoms with van der Waals surface area (Å²) in [6.45, 7) is 1.23. The molecule has 0 saturated heterocycles. The van der Waals surface area contributed by atoms with Crippen LogP contribution in [0.1, 0.15) is 12.5 Å². The van der Waals surface area contributed by atoms with Gasteiger partial charge in [0, 0.05) is 6.92 Å². The smallest absolute Gasteiger partial charge is 0.174 e. The number of carbonyl (C=O) groups excluding carboxylic acids is 1. The van der Waals surface area contributed by atoms with Crippen LogP contribution in [0.5, 0.6) is 5.75 Å². The number of para-hydroxylation sites is 1. The second-order valence-electron chi connectivity index (χ2n) is 3.09. The number of hydrogen-bond acceptors (Lipinski definition) is 4. The lowest BCUT2D eigenvalue weighted by molar-refractivity contribution is -0.113. The molecule has 1 aromatic carbocycles. The molecule has 0 radical (unpaired) electrons. The second kappa shape index (κ2) is 4.99. The number of ether oxygens (including phenoxy) is 1. The molecule has 0 heterocycles. The molecule has 82 valence electrons. The van der Waals surface area contributed by atoms with Crippen molar-refractivity contribution in [1.82, 2.24) is 0 Å². The number of carbonyl (C=O) groups is 1. The highest BCUT2D eigenvalue weighted by molar-refractivity contribution is 6.03. The number of rotatable bonds is 3. The minimum atomic E-state index is -0.481. The molecule has 0 aliphatic carbocycles. The third-order valence-corrected chi connectivity index (χ3v) is 2.06. The topological polar surface area (TPSA) is 70.3 Å². The molecule has 16 heavy (non-hydrogen) atoms. The first-order valence-corrected chi connectivity index (χ1v) is 4.59. The predicted molar refractivity (Wildman–Crippen MR) is 58.8 cm³/mol. The van der Waals surface area contributed by atoms with Crippen molar-refractivity contribution in [3.63, 3.8) is 0 Å². The molecule has 0 unspecified atom stereocenters. The third kappa shape index (κ3) is 2.20. The van der Waals surface area contributed by atoms with Crippen LogP contribution in [0.4, 0.5) is 0 Å². The summed E-state index contributed by atoms with van der Waals surface area (Å²) in [6.07, 6.45) is 0. The molecule has 0 aromatic heterocycles. The van der Waals surface area contributed by atoms with E-state index in [9.17, 15) is 9.90 Å². The lowest BCUT2D eigenvalue weighted by atomic mass is 10.1. The molecule has 0 saturated carbocycles. The first-order chi connectivity index (χ1) is 7.61. The third-order valence-electron chi connectivity index (χ3n) is 2.06. The van der Waals surface area contributed by atoms with Crippen LogP contribution >= 0.6 is 0 Å². The van der Waals surface area contributed by atoms with Crippen LogP contribution in [0.3, 0.4) is 0 Å². The monoisotopic (exact) mass is 217 g/mol. The number of aliphatic hydroxyl groups is 1. The SMILES string of the molecule is COc1ccccc1/C(O)=C(\C#N)C(C)=O. The largest absolute Gasteiger partial charge is 0.506 e. The van der Waals surface area contributed by atoms with Crippen LogP contribution in [0.25, 0.3) is 5.76 Å². The van der Waals surface area contributed by atoms with Crippen molar-refractivity contribution < 1.29 is 14.6 Å². The van der Waals surface area contributed by atoms with Gasteiger partial charge in [0.25, 0.3) is 0 Å². The van der Waals surface area contributed by atoms with Crippen LogP contribution in [-0.4, -0.2) is 18.0 Å². The van der Waals surface area contributed by atoms with Crippen LogP contribution in [-0.2, 0) is 4.79 Å². The Labute approximate surface area is 93.4 Å². The number of nitrogens with zero attached hydrogens (tertiary/aromatic N) is 1. The molecule has 0 fully saturated rings. The Bertz CT molecular complexity index is 483. The maximum Gasteiger partial charge on any atom is 0.174 e. The first-order valence-electron chi connectivity index (χ1n) is 4.59. The van der Waals surface area contributed by atoms with Crippen LogP contribution < -0.4 is 4.74 Å². The number of nitriles is 1. The predicted octanol–water partition coefficient (Wildman–Crippen LogP) is 2.08. The zero-order chi connectivity index (χ0) is 12.1. The summed E-state index contributed by atoms with van der Waals surface area (Å²) in [5.41, 5.74) is 0.0567. The van der Waals surface area contributed by atoms with E-state index in [1.54, 1.807) is 30.3 Å². The minimum absolute atomic E-state index is 0.274. The number of ketones is 1. The van der Waals surface area contributed by atoms with Crippen molar-refractivity contribution in [2.24, 2.45) is 0 Å². The number of methoxy groups -OCH3 is 1. The number of Topliss-reactive ketones (excluding diaryl/α,β-unsaturated/α-hetero) is 1. The average molecular weight is 217 g/mol. The van der Waals surface area contributed by atoms with E-state index in [1.165, 1.54) is 14.0 Å². The van der Waals surface area contributed by atoms with Gasteiger partial charge in [0.2, 0.25) is 0 Å². The molecular formula is C12H11NO3. The highest BCUT2D eigenvalue weighted by Gasteiger charge is 2.15. The fraction of sp³-hybridized carbons (Fsp3) is 0.167. The minimum Gasteiger partial charge on any atom is -0.506 e. The zero-order valence-corrected chi connectivity index (χ0v) is 9.02. The van der Waals surface area contributed by atoms with Crippen LogP contribution in [0.2, 0.25) is 0 Å². The van der Waals surface area contributed by atoms with E-state index >= 15 is 0 Å². The molecule has 1 rings (SSSR count). The Balaban J connectivity index is 3.39. The Morgan fingerprint density at radius 3 is 2.56 bits per heavy atom. The van der Waals surface area contributed by atoms with Gasteiger partial charge in [-0.1, -0.05) is 12.1 Å². The lowest BCUT2D eigenvalue weighted by Crippen LogP contribution is -2.00. The fourth-order valence-corrected chi connectivity index (χ4v) is 1.27. The van der Waals surface area contributed by atoms with Gasteiger partial charge in [-0.25, -0.2) is 0 Å². The summed E-state index contributed by atoms with van der Waals surface area (Å²) in [5.74, 6) is -0.424. The van der Waals surface area contributed by atoms with E-state index in [0.717, 1.165) is 0 Å². The summed E-state index contributed by atoms with van der Waals surface area (Å²) in [4.78, 5) is 11.1. The van der Waals surface area contributed by atoms with Gasteiger partial charge in [-0.2, -0.15) is 5.26 Å². The Hall–Kier alpha value is -2.28. The summed E-state index contributed by atoms with van der Waals surface area (Å²) in [5, 5.41) is 18.6. The number of benzene rings is 1. The molecule has 0 amide bonds. The van der Waals surface area contributed by atoms with Gasteiger partial charge in [0.05, 0.1) is 12.7 Å². The van der Waals surface area contributed by atoms with E-state index in [1.807, 2.05) is 0 Å². The Morgan fingerprint density at radius 1 is 1.44 bits per heavy atom. The normalized spacial score (nSPS) is 11.3. The molecule has 0 atom stereocenters.